The zero-order valence-electron chi connectivity index (χ0n) is 18.0. The smallest absolute Gasteiger partial charge is 0.264 e. The predicted octanol–water partition coefficient (Wildman–Crippen LogP) is 3.11. The van der Waals surface area contributed by atoms with Gasteiger partial charge in [0.2, 0.25) is 0 Å². The van der Waals surface area contributed by atoms with Gasteiger partial charge in [-0.25, -0.2) is 8.42 Å². The average Bonchev–Trinajstić information content (AvgIpc) is 3.06. The molecule has 1 aliphatic heterocycles. The van der Waals surface area contributed by atoms with E-state index < -0.39 is 15.9 Å². The van der Waals surface area contributed by atoms with Gasteiger partial charge in [0.25, 0.3) is 15.9 Å². The van der Waals surface area contributed by atoms with Gasteiger partial charge in [-0.1, -0.05) is 29.1 Å². The molecule has 9 nitrogen and oxygen atoms in total. The molecule has 3 aromatic rings. The monoisotopic (exact) mass is 455 g/mol. The van der Waals surface area contributed by atoms with Crippen molar-refractivity contribution in [3.63, 3.8) is 0 Å². The maximum absolute atomic E-state index is 12.8. The van der Waals surface area contributed by atoms with E-state index in [4.69, 9.17) is 4.84 Å². The minimum absolute atomic E-state index is 0.0330. The molecule has 1 aliphatic rings. The third-order valence-electron chi connectivity index (χ3n) is 5.48. The van der Waals surface area contributed by atoms with E-state index in [0.717, 1.165) is 47.5 Å². The van der Waals surface area contributed by atoms with Crippen molar-refractivity contribution in [3.05, 3.63) is 59.9 Å². The van der Waals surface area contributed by atoms with Crippen molar-refractivity contribution < 1.29 is 18.0 Å². The second-order valence-electron chi connectivity index (χ2n) is 7.56. The highest BCUT2D eigenvalue weighted by Crippen LogP contribution is 2.25. The number of fused-ring (bicyclic) bond motifs is 1. The number of rotatable bonds is 6. The molecule has 0 fully saturated rings. The zero-order chi connectivity index (χ0) is 22.7. The Labute approximate surface area is 187 Å². The quantitative estimate of drug-likeness (QED) is 0.573. The Morgan fingerprint density at radius 3 is 2.72 bits per heavy atom. The van der Waals surface area contributed by atoms with E-state index >= 15 is 0 Å². The third kappa shape index (κ3) is 4.43. The van der Waals surface area contributed by atoms with Crippen LogP contribution in [-0.2, 0) is 27.8 Å². The summed E-state index contributed by atoms with van der Waals surface area (Å²) in [6, 6.07) is 13.2. The fourth-order valence-corrected chi connectivity index (χ4v) is 4.70. The molecule has 1 aromatic heterocycles. The third-order valence-corrected chi connectivity index (χ3v) is 7.15. The van der Waals surface area contributed by atoms with Crippen LogP contribution >= 0.6 is 0 Å². The Morgan fingerprint density at radius 1 is 1.09 bits per heavy atom. The summed E-state index contributed by atoms with van der Waals surface area (Å²) in [5, 5.41) is 11.5. The molecule has 168 valence electrons. The van der Waals surface area contributed by atoms with Crippen LogP contribution in [0.1, 0.15) is 35.4 Å². The number of aromatic nitrogens is 3. The van der Waals surface area contributed by atoms with Crippen molar-refractivity contribution in [2.45, 2.75) is 37.1 Å². The van der Waals surface area contributed by atoms with E-state index in [2.05, 4.69) is 20.1 Å². The highest BCUT2D eigenvalue weighted by atomic mass is 32.2. The van der Waals surface area contributed by atoms with Gasteiger partial charge in [-0.3, -0.25) is 9.63 Å². The van der Waals surface area contributed by atoms with Crippen molar-refractivity contribution >= 4 is 21.6 Å². The first-order valence-electron chi connectivity index (χ1n) is 10.4. The maximum Gasteiger partial charge on any atom is 0.264 e. The molecule has 0 spiro atoms. The van der Waals surface area contributed by atoms with E-state index in [-0.39, 0.29) is 10.5 Å². The summed E-state index contributed by atoms with van der Waals surface area (Å²) in [5.74, 6) is 1.36. The number of sulfonamides is 1. The van der Waals surface area contributed by atoms with Crippen LogP contribution in [0.2, 0.25) is 0 Å². The molecule has 0 aliphatic carbocycles. The lowest BCUT2D eigenvalue weighted by atomic mass is 10.1. The molecule has 0 unspecified atom stereocenters. The molecule has 4 rings (SSSR count). The van der Waals surface area contributed by atoms with Gasteiger partial charge in [-0.05, 0) is 43.2 Å². The topological polar surface area (TPSA) is 106 Å². The lowest BCUT2D eigenvalue weighted by molar-refractivity contribution is -0.0258. The second-order valence-corrected chi connectivity index (χ2v) is 9.50. The van der Waals surface area contributed by atoms with E-state index in [1.54, 1.807) is 12.1 Å². The number of hydroxylamine groups is 1. The molecular weight excluding hydrogens is 430 g/mol. The minimum atomic E-state index is -3.85. The number of carbonyl (C=O) groups is 1. The zero-order valence-corrected chi connectivity index (χ0v) is 18.8. The standard InChI is InChI=1S/C22H25N5O4S/c1-26(31-2)32(29,30)19-11-7-9-17(15-19)22(28)23-18-10-6-8-16(14-18)21-25-24-20-12-4-3-5-13-27(20)21/h6-11,14-15H,3-5,12-13H2,1-2H3,(H,23,28). The molecule has 0 radical (unpaired) electrons. The first-order chi connectivity index (χ1) is 15.4. The highest BCUT2D eigenvalue weighted by molar-refractivity contribution is 7.89. The predicted molar refractivity (Wildman–Crippen MR) is 119 cm³/mol. The highest BCUT2D eigenvalue weighted by Gasteiger charge is 2.22. The number of carbonyl (C=O) groups excluding carboxylic acids is 1. The summed E-state index contributed by atoms with van der Waals surface area (Å²) in [6.45, 7) is 0.880. The SMILES string of the molecule is CON(C)S(=O)(=O)c1cccc(C(=O)Nc2cccc(-c3nnc4n3CCCCC4)c2)c1. The van der Waals surface area contributed by atoms with Crippen molar-refractivity contribution in [3.8, 4) is 11.4 Å². The van der Waals surface area contributed by atoms with Crippen molar-refractivity contribution in [1.29, 1.82) is 0 Å². The summed E-state index contributed by atoms with van der Waals surface area (Å²) in [6.07, 6.45) is 4.30. The molecule has 1 N–H and O–H groups in total. The van der Waals surface area contributed by atoms with Gasteiger partial charge in [-0.2, -0.15) is 0 Å². The fraction of sp³-hybridized carbons (Fsp3) is 0.318. The number of hydrogen-bond donors (Lipinski definition) is 1. The Balaban J connectivity index is 1.57. The summed E-state index contributed by atoms with van der Waals surface area (Å²) < 4.78 is 27.8. The molecule has 0 saturated carbocycles. The van der Waals surface area contributed by atoms with E-state index in [9.17, 15) is 13.2 Å². The summed E-state index contributed by atoms with van der Waals surface area (Å²) in [4.78, 5) is 17.6. The van der Waals surface area contributed by atoms with Crippen LogP contribution in [0.15, 0.2) is 53.4 Å². The number of anilines is 1. The molecule has 32 heavy (non-hydrogen) atoms. The molecular formula is C22H25N5O4S. The van der Waals surface area contributed by atoms with Crippen LogP contribution in [-0.4, -0.2) is 47.7 Å². The molecule has 0 bridgehead atoms. The Hall–Kier alpha value is -3.08. The summed E-state index contributed by atoms with van der Waals surface area (Å²) in [5.41, 5.74) is 1.67. The van der Waals surface area contributed by atoms with Crippen molar-refractivity contribution in [2.75, 3.05) is 19.5 Å². The first-order valence-corrected chi connectivity index (χ1v) is 11.8. The molecule has 10 heteroatoms. The van der Waals surface area contributed by atoms with Gasteiger partial charge in [0.15, 0.2) is 5.82 Å². The first kappa shape index (κ1) is 22.1. The number of nitrogens with zero attached hydrogens (tertiary/aromatic N) is 4. The van der Waals surface area contributed by atoms with Crippen LogP contribution in [0.5, 0.6) is 0 Å². The Kier molecular flexibility index (Phi) is 6.35. The van der Waals surface area contributed by atoms with Crippen LogP contribution in [0.4, 0.5) is 5.69 Å². The van der Waals surface area contributed by atoms with Gasteiger partial charge in [0.1, 0.15) is 5.82 Å². The van der Waals surface area contributed by atoms with Crippen LogP contribution < -0.4 is 5.32 Å². The van der Waals surface area contributed by atoms with Gasteiger partial charge >= 0.3 is 0 Å². The maximum atomic E-state index is 12.8. The minimum Gasteiger partial charge on any atom is -0.322 e. The number of nitrogens with one attached hydrogen (secondary N) is 1. The van der Waals surface area contributed by atoms with Crippen LogP contribution in [0, 0.1) is 0 Å². The number of amides is 1. The van der Waals surface area contributed by atoms with Crippen molar-refractivity contribution in [1.82, 2.24) is 19.2 Å². The Bertz CT molecular complexity index is 1240. The second kappa shape index (κ2) is 9.19. The molecule has 0 atom stereocenters. The largest absolute Gasteiger partial charge is 0.322 e. The van der Waals surface area contributed by atoms with Gasteiger partial charge in [-0.15, -0.1) is 10.2 Å². The van der Waals surface area contributed by atoms with E-state index in [1.165, 1.54) is 38.8 Å². The number of hydrogen-bond acceptors (Lipinski definition) is 6. The number of aryl methyl sites for hydroxylation is 1. The van der Waals surface area contributed by atoms with Crippen LogP contribution in [0.3, 0.4) is 0 Å². The van der Waals surface area contributed by atoms with Gasteiger partial charge in [0, 0.05) is 36.8 Å². The fourth-order valence-electron chi connectivity index (χ4n) is 3.68. The molecule has 1 amide bonds. The Morgan fingerprint density at radius 2 is 1.91 bits per heavy atom. The van der Waals surface area contributed by atoms with Gasteiger partial charge < -0.3 is 9.88 Å². The number of benzene rings is 2. The van der Waals surface area contributed by atoms with E-state index in [0.29, 0.717) is 5.69 Å². The van der Waals surface area contributed by atoms with Crippen LogP contribution in [0.25, 0.3) is 11.4 Å². The average molecular weight is 456 g/mol. The lowest BCUT2D eigenvalue weighted by Crippen LogP contribution is -2.26. The molecule has 2 heterocycles. The summed E-state index contributed by atoms with van der Waals surface area (Å²) in [7, 11) is -1.30. The van der Waals surface area contributed by atoms with Gasteiger partial charge in [0.05, 0.1) is 12.0 Å². The lowest BCUT2D eigenvalue weighted by Gasteiger charge is -2.14. The van der Waals surface area contributed by atoms with Crippen molar-refractivity contribution in [2.24, 2.45) is 0 Å². The molecule has 2 aromatic carbocycles. The van der Waals surface area contributed by atoms with E-state index in [1.807, 2.05) is 18.2 Å². The summed E-state index contributed by atoms with van der Waals surface area (Å²) >= 11 is 0. The normalized spacial score (nSPS) is 14.1. The molecule has 0 saturated heterocycles.